The molecule has 0 aromatic carbocycles. The highest BCUT2D eigenvalue weighted by Gasteiger charge is 2.33. The lowest BCUT2D eigenvalue weighted by Gasteiger charge is -2.43. The standard InChI is InChI=1S/C16H34N4O/c1-5-7-8-14(6-2)13-19-9-11-20(12-10-19)16(3,4)15(17)18-21/h14,21H,5-13H2,1-4H3,(H2,17,18). The quantitative estimate of drug-likeness (QED) is 0.312. The molecule has 1 rings (SSSR count). The van der Waals surface area contributed by atoms with Gasteiger partial charge in [-0.2, -0.15) is 0 Å². The van der Waals surface area contributed by atoms with Crippen LogP contribution in [0.5, 0.6) is 0 Å². The SMILES string of the molecule is CCCCC(CC)CN1CCN(C(C)(C)C(N)=NO)CC1. The fraction of sp³-hybridized carbons (Fsp3) is 0.938. The van der Waals surface area contributed by atoms with E-state index >= 15 is 0 Å². The van der Waals surface area contributed by atoms with Crippen molar-refractivity contribution in [2.45, 2.75) is 58.9 Å². The van der Waals surface area contributed by atoms with Gasteiger partial charge in [-0.05, 0) is 26.2 Å². The molecule has 1 unspecified atom stereocenters. The monoisotopic (exact) mass is 298 g/mol. The first-order valence-corrected chi connectivity index (χ1v) is 8.41. The van der Waals surface area contributed by atoms with E-state index in [4.69, 9.17) is 10.9 Å². The molecule has 3 N–H and O–H groups in total. The lowest BCUT2D eigenvalue weighted by atomic mass is 9.97. The van der Waals surface area contributed by atoms with Gasteiger partial charge in [0.1, 0.15) is 0 Å². The van der Waals surface area contributed by atoms with Gasteiger partial charge >= 0.3 is 0 Å². The number of rotatable bonds is 8. The van der Waals surface area contributed by atoms with Gasteiger partial charge in [-0.3, -0.25) is 4.90 Å². The second kappa shape index (κ2) is 8.59. The highest BCUT2D eigenvalue weighted by Crippen LogP contribution is 2.20. The molecule has 1 atom stereocenters. The number of nitrogens with zero attached hydrogens (tertiary/aromatic N) is 3. The van der Waals surface area contributed by atoms with E-state index in [0.29, 0.717) is 5.84 Å². The molecule has 0 aromatic heterocycles. The topological polar surface area (TPSA) is 65.1 Å². The van der Waals surface area contributed by atoms with Gasteiger partial charge in [0.25, 0.3) is 0 Å². The number of amidine groups is 1. The van der Waals surface area contributed by atoms with Crippen molar-refractivity contribution in [3.8, 4) is 0 Å². The van der Waals surface area contributed by atoms with E-state index in [1.807, 2.05) is 13.8 Å². The van der Waals surface area contributed by atoms with E-state index in [2.05, 4.69) is 28.8 Å². The molecule has 0 radical (unpaired) electrons. The number of oxime groups is 1. The minimum atomic E-state index is -0.368. The fourth-order valence-corrected chi connectivity index (χ4v) is 3.06. The average Bonchev–Trinajstić information content (AvgIpc) is 2.50. The van der Waals surface area contributed by atoms with Crippen molar-refractivity contribution in [2.24, 2.45) is 16.8 Å². The summed E-state index contributed by atoms with van der Waals surface area (Å²) in [5.74, 6) is 1.12. The number of unbranched alkanes of at least 4 members (excludes halogenated alkanes) is 1. The maximum Gasteiger partial charge on any atom is 0.159 e. The molecule has 5 nitrogen and oxygen atoms in total. The lowest BCUT2D eigenvalue weighted by Crippen LogP contribution is -2.60. The van der Waals surface area contributed by atoms with Gasteiger partial charge in [-0.25, -0.2) is 0 Å². The van der Waals surface area contributed by atoms with Crippen LogP contribution in [0.4, 0.5) is 0 Å². The zero-order valence-electron chi connectivity index (χ0n) is 14.3. The minimum Gasteiger partial charge on any atom is -0.409 e. The maximum absolute atomic E-state index is 8.91. The van der Waals surface area contributed by atoms with E-state index < -0.39 is 0 Å². The van der Waals surface area contributed by atoms with Crippen molar-refractivity contribution in [1.29, 1.82) is 0 Å². The Morgan fingerprint density at radius 1 is 1.24 bits per heavy atom. The third-order valence-corrected chi connectivity index (χ3v) is 4.96. The van der Waals surface area contributed by atoms with Gasteiger partial charge < -0.3 is 15.8 Å². The van der Waals surface area contributed by atoms with Crippen molar-refractivity contribution in [3.63, 3.8) is 0 Å². The predicted molar refractivity (Wildman–Crippen MR) is 88.8 cm³/mol. The summed E-state index contributed by atoms with van der Waals surface area (Å²) in [6, 6.07) is 0. The number of hydrogen-bond donors (Lipinski definition) is 2. The Kier molecular flexibility index (Phi) is 7.46. The van der Waals surface area contributed by atoms with Crippen LogP contribution in [0.15, 0.2) is 5.16 Å². The molecule has 1 aliphatic rings. The van der Waals surface area contributed by atoms with Crippen LogP contribution in [0.25, 0.3) is 0 Å². The third kappa shape index (κ3) is 5.15. The molecule has 1 aliphatic heterocycles. The minimum absolute atomic E-state index is 0.297. The molecule has 5 heteroatoms. The van der Waals surface area contributed by atoms with Crippen LogP contribution in [0.3, 0.4) is 0 Å². The highest BCUT2D eigenvalue weighted by atomic mass is 16.4. The van der Waals surface area contributed by atoms with Crippen LogP contribution in [0.2, 0.25) is 0 Å². The Balaban J connectivity index is 2.45. The summed E-state index contributed by atoms with van der Waals surface area (Å²) < 4.78 is 0. The molecular formula is C16H34N4O. The molecule has 0 amide bonds. The van der Waals surface area contributed by atoms with Crippen LogP contribution >= 0.6 is 0 Å². The highest BCUT2D eigenvalue weighted by molar-refractivity contribution is 5.88. The second-order valence-electron chi connectivity index (χ2n) is 6.75. The van der Waals surface area contributed by atoms with E-state index in [1.54, 1.807) is 0 Å². The van der Waals surface area contributed by atoms with Crippen LogP contribution in [-0.2, 0) is 0 Å². The number of piperazine rings is 1. The van der Waals surface area contributed by atoms with Gasteiger partial charge in [0.2, 0.25) is 0 Å². The van der Waals surface area contributed by atoms with Gasteiger partial charge in [0, 0.05) is 32.7 Å². The molecule has 0 aromatic rings. The van der Waals surface area contributed by atoms with Crippen LogP contribution in [0.1, 0.15) is 53.4 Å². The number of nitrogens with two attached hydrogens (primary N) is 1. The molecule has 0 bridgehead atoms. The molecule has 0 saturated carbocycles. The van der Waals surface area contributed by atoms with Crippen LogP contribution in [-0.4, -0.2) is 59.1 Å². The Labute approximate surface area is 130 Å². The summed E-state index contributed by atoms with van der Waals surface area (Å²) in [6.45, 7) is 13.9. The first-order valence-electron chi connectivity index (χ1n) is 8.41. The molecule has 1 saturated heterocycles. The van der Waals surface area contributed by atoms with Crippen LogP contribution in [0, 0.1) is 5.92 Å². The van der Waals surface area contributed by atoms with Gasteiger partial charge in [-0.15, -0.1) is 0 Å². The molecule has 124 valence electrons. The number of hydrogen-bond acceptors (Lipinski definition) is 4. The Morgan fingerprint density at radius 3 is 2.33 bits per heavy atom. The van der Waals surface area contributed by atoms with E-state index in [-0.39, 0.29) is 5.54 Å². The molecule has 0 spiro atoms. The Bertz CT molecular complexity index is 322. The lowest BCUT2D eigenvalue weighted by molar-refractivity contribution is 0.0727. The van der Waals surface area contributed by atoms with Crippen LogP contribution < -0.4 is 5.73 Å². The normalized spacial score (nSPS) is 20.7. The smallest absolute Gasteiger partial charge is 0.159 e. The second-order valence-corrected chi connectivity index (χ2v) is 6.75. The van der Waals surface area contributed by atoms with Crippen molar-refractivity contribution < 1.29 is 5.21 Å². The van der Waals surface area contributed by atoms with E-state index in [9.17, 15) is 0 Å². The van der Waals surface area contributed by atoms with Gasteiger partial charge in [0.15, 0.2) is 5.84 Å². The maximum atomic E-state index is 8.91. The summed E-state index contributed by atoms with van der Waals surface area (Å²) in [6.07, 6.45) is 5.26. The summed E-state index contributed by atoms with van der Waals surface area (Å²) in [5, 5.41) is 12.1. The largest absolute Gasteiger partial charge is 0.409 e. The zero-order valence-corrected chi connectivity index (χ0v) is 14.3. The van der Waals surface area contributed by atoms with Crippen molar-refractivity contribution in [1.82, 2.24) is 9.80 Å². The van der Waals surface area contributed by atoms with Gasteiger partial charge in [-0.1, -0.05) is 38.3 Å². The molecule has 21 heavy (non-hydrogen) atoms. The van der Waals surface area contributed by atoms with Crippen molar-refractivity contribution in [3.05, 3.63) is 0 Å². The first-order chi connectivity index (χ1) is 9.95. The van der Waals surface area contributed by atoms with E-state index in [1.165, 1.54) is 32.2 Å². The average molecular weight is 298 g/mol. The third-order valence-electron chi connectivity index (χ3n) is 4.96. The van der Waals surface area contributed by atoms with E-state index in [0.717, 1.165) is 32.1 Å². The summed E-state index contributed by atoms with van der Waals surface area (Å²) >= 11 is 0. The molecule has 1 fully saturated rings. The Hall–Kier alpha value is -0.810. The Morgan fingerprint density at radius 2 is 1.86 bits per heavy atom. The molecule has 1 heterocycles. The van der Waals surface area contributed by atoms with Gasteiger partial charge in [0.05, 0.1) is 5.54 Å². The van der Waals surface area contributed by atoms with Crippen molar-refractivity contribution >= 4 is 5.84 Å². The molecule has 0 aliphatic carbocycles. The zero-order chi connectivity index (χ0) is 15.9. The summed E-state index contributed by atoms with van der Waals surface area (Å²) in [4.78, 5) is 4.88. The summed E-state index contributed by atoms with van der Waals surface area (Å²) in [5.41, 5.74) is 5.45. The first kappa shape index (κ1) is 18.2. The predicted octanol–water partition coefficient (Wildman–Crippen LogP) is 2.35. The summed E-state index contributed by atoms with van der Waals surface area (Å²) in [7, 11) is 0. The fourth-order valence-electron chi connectivity index (χ4n) is 3.06. The molecular weight excluding hydrogens is 264 g/mol. The van der Waals surface area contributed by atoms with Crippen molar-refractivity contribution in [2.75, 3.05) is 32.7 Å².